The van der Waals surface area contributed by atoms with Gasteiger partial charge in [0, 0.05) is 19.4 Å². The van der Waals surface area contributed by atoms with Gasteiger partial charge < -0.3 is 4.74 Å². The molecule has 0 fully saturated rings. The smallest absolute Gasteiger partial charge is 0.341 e. The molecule has 6 heteroatoms. The molecule has 0 bridgehead atoms. The molecule has 6 nitrogen and oxygen atoms in total. The van der Waals surface area contributed by atoms with Gasteiger partial charge in [0.1, 0.15) is 0 Å². The molecule has 2 rings (SSSR count). The molecule has 0 atom stereocenters. The lowest BCUT2D eigenvalue weighted by Gasteiger charge is -1.98. The van der Waals surface area contributed by atoms with Crippen LogP contribution in [0.15, 0.2) is 24.7 Å². The Balaban J connectivity index is 2.06. The molecule has 0 N–H and O–H groups in total. The Bertz CT molecular complexity index is 515. The van der Waals surface area contributed by atoms with E-state index >= 15 is 0 Å². The number of nitrogens with zero attached hydrogens (tertiary/aromatic N) is 4. The van der Waals surface area contributed by atoms with E-state index in [4.69, 9.17) is 4.74 Å². The molecule has 0 saturated heterocycles. The highest BCUT2D eigenvalue weighted by molar-refractivity contribution is 5.88. The van der Waals surface area contributed by atoms with E-state index in [1.807, 2.05) is 19.3 Å². The summed E-state index contributed by atoms with van der Waals surface area (Å²) in [5.41, 5.74) is 1.36. The fourth-order valence-corrected chi connectivity index (χ4v) is 1.48. The Morgan fingerprint density at radius 1 is 1.53 bits per heavy atom. The summed E-state index contributed by atoms with van der Waals surface area (Å²) in [6.07, 6.45) is 5.03. The van der Waals surface area contributed by atoms with Crippen LogP contribution in [0.3, 0.4) is 0 Å². The molecule has 0 spiro atoms. The van der Waals surface area contributed by atoms with Gasteiger partial charge in [-0.15, -0.1) is 0 Å². The Morgan fingerprint density at radius 3 is 3.00 bits per heavy atom. The van der Waals surface area contributed by atoms with Gasteiger partial charge in [0.25, 0.3) is 0 Å². The Kier molecular flexibility index (Phi) is 3.22. The van der Waals surface area contributed by atoms with Crippen molar-refractivity contribution in [3.63, 3.8) is 0 Å². The Morgan fingerprint density at radius 2 is 2.35 bits per heavy atom. The van der Waals surface area contributed by atoms with Crippen molar-refractivity contribution < 1.29 is 9.53 Å². The number of carbonyl (C=O) groups excluding carboxylic acids is 1. The number of carbonyl (C=O) groups is 1. The minimum atomic E-state index is -0.347. The quantitative estimate of drug-likeness (QED) is 0.735. The zero-order valence-corrected chi connectivity index (χ0v) is 9.83. The monoisotopic (exact) mass is 234 g/mol. The van der Waals surface area contributed by atoms with E-state index in [1.54, 1.807) is 22.5 Å². The van der Waals surface area contributed by atoms with E-state index in [0.717, 1.165) is 5.69 Å². The predicted molar refractivity (Wildman–Crippen MR) is 60.5 cm³/mol. The summed E-state index contributed by atoms with van der Waals surface area (Å²) in [5.74, 6) is -0.347. The number of esters is 1. The average molecular weight is 234 g/mol. The molecule has 0 aromatic carbocycles. The van der Waals surface area contributed by atoms with Crippen molar-refractivity contribution in [1.82, 2.24) is 19.6 Å². The molecule has 0 aliphatic rings. The molecule has 2 aromatic rings. The zero-order chi connectivity index (χ0) is 12.3. The van der Waals surface area contributed by atoms with Gasteiger partial charge in [0.15, 0.2) is 0 Å². The summed E-state index contributed by atoms with van der Waals surface area (Å²) in [6.45, 7) is 2.68. The van der Waals surface area contributed by atoms with Crippen molar-refractivity contribution in [1.29, 1.82) is 0 Å². The van der Waals surface area contributed by atoms with Crippen LogP contribution in [0.25, 0.3) is 0 Å². The molecule has 2 aromatic heterocycles. The topological polar surface area (TPSA) is 61.9 Å². The van der Waals surface area contributed by atoms with Crippen LogP contribution in [0.1, 0.15) is 23.0 Å². The first-order chi connectivity index (χ1) is 8.19. The van der Waals surface area contributed by atoms with Crippen LogP contribution < -0.4 is 0 Å². The van der Waals surface area contributed by atoms with Gasteiger partial charge in [0.05, 0.1) is 30.6 Å². The lowest BCUT2D eigenvalue weighted by molar-refractivity contribution is 0.0526. The second-order valence-electron chi connectivity index (χ2n) is 3.63. The predicted octanol–water partition coefficient (Wildman–Crippen LogP) is 0.842. The fraction of sp³-hybridized carbons (Fsp3) is 0.364. The number of ether oxygens (including phenoxy) is 1. The van der Waals surface area contributed by atoms with E-state index < -0.39 is 0 Å². The van der Waals surface area contributed by atoms with E-state index in [9.17, 15) is 4.79 Å². The number of hydrogen-bond donors (Lipinski definition) is 0. The van der Waals surface area contributed by atoms with Gasteiger partial charge >= 0.3 is 5.97 Å². The summed E-state index contributed by atoms with van der Waals surface area (Å²) >= 11 is 0. The van der Waals surface area contributed by atoms with Crippen LogP contribution >= 0.6 is 0 Å². The molecular formula is C11H14N4O2. The molecule has 90 valence electrons. The second kappa shape index (κ2) is 4.82. The van der Waals surface area contributed by atoms with Crippen molar-refractivity contribution in [3.8, 4) is 0 Å². The highest BCUT2D eigenvalue weighted by atomic mass is 16.5. The van der Waals surface area contributed by atoms with E-state index in [1.165, 1.54) is 6.20 Å². The van der Waals surface area contributed by atoms with Crippen LogP contribution in [-0.4, -0.2) is 32.1 Å². The molecule has 17 heavy (non-hydrogen) atoms. The van der Waals surface area contributed by atoms with E-state index in [2.05, 4.69) is 10.2 Å². The molecule has 0 aliphatic heterocycles. The van der Waals surface area contributed by atoms with Crippen LogP contribution in [0.4, 0.5) is 0 Å². The second-order valence-corrected chi connectivity index (χ2v) is 3.63. The lowest BCUT2D eigenvalue weighted by Crippen LogP contribution is -2.04. The van der Waals surface area contributed by atoms with Gasteiger partial charge in [-0.05, 0) is 13.0 Å². The first-order valence-electron chi connectivity index (χ1n) is 5.37. The van der Waals surface area contributed by atoms with Crippen LogP contribution in [0, 0.1) is 0 Å². The Hall–Kier alpha value is -2.11. The summed E-state index contributed by atoms with van der Waals surface area (Å²) in [4.78, 5) is 11.4. The third-order valence-electron chi connectivity index (χ3n) is 2.24. The molecule has 0 unspecified atom stereocenters. The fourth-order valence-electron chi connectivity index (χ4n) is 1.48. The third-order valence-corrected chi connectivity index (χ3v) is 2.24. The first kappa shape index (κ1) is 11.4. The van der Waals surface area contributed by atoms with Gasteiger partial charge in [0.2, 0.25) is 0 Å². The van der Waals surface area contributed by atoms with Crippen molar-refractivity contribution in [2.24, 2.45) is 7.05 Å². The maximum absolute atomic E-state index is 11.4. The molecule has 0 aliphatic carbocycles. The normalized spacial score (nSPS) is 10.5. The van der Waals surface area contributed by atoms with Gasteiger partial charge in [-0.25, -0.2) is 4.79 Å². The number of rotatable bonds is 4. The summed E-state index contributed by atoms with van der Waals surface area (Å²) in [6, 6.07) is 1.91. The number of hydrogen-bond acceptors (Lipinski definition) is 4. The standard InChI is InChI=1S/C11H14N4O2/c1-3-17-11(16)9-6-12-15(7-9)8-10-4-5-14(2)13-10/h4-7H,3,8H2,1-2H3. The molecule has 0 saturated carbocycles. The van der Waals surface area contributed by atoms with Gasteiger partial charge in [-0.1, -0.05) is 0 Å². The maximum atomic E-state index is 11.4. The SMILES string of the molecule is CCOC(=O)c1cnn(Cc2ccn(C)n2)c1. The van der Waals surface area contributed by atoms with Crippen molar-refractivity contribution in [2.75, 3.05) is 6.61 Å². The molecule has 0 radical (unpaired) electrons. The minimum Gasteiger partial charge on any atom is -0.462 e. The van der Waals surface area contributed by atoms with Crippen LogP contribution in [0.5, 0.6) is 0 Å². The molecular weight excluding hydrogens is 220 g/mol. The first-order valence-corrected chi connectivity index (χ1v) is 5.37. The highest BCUT2D eigenvalue weighted by Gasteiger charge is 2.09. The Labute approximate surface area is 98.8 Å². The highest BCUT2D eigenvalue weighted by Crippen LogP contribution is 2.03. The van der Waals surface area contributed by atoms with Crippen molar-refractivity contribution in [3.05, 3.63) is 35.9 Å². The number of aromatic nitrogens is 4. The van der Waals surface area contributed by atoms with Crippen molar-refractivity contribution >= 4 is 5.97 Å². The van der Waals surface area contributed by atoms with Crippen LogP contribution in [-0.2, 0) is 18.3 Å². The van der Waals surface area contributed by atoms with Gasteiger partial charge in [-0.3, -0.25) is 9.36 Å². The minimum absolute atomic E-state index is 0.347. The zero-order valence-electron chi connectivity index (χ0n) is 9.83. The summed E-state index contributed by atoms with van der Waals surface area (Å²) < 4.78 is 8.27. The lowest BCUT2D eigenvalue weighted by atomic mass is 10.4. The largest absolute Gasteiger partial charge is 0.462 e. The summed E-state index contributed by atoms with van der Waals surface area (Å²) in [7, 11) is 1.86. The van der Waals surface area contributed by atoms with Crippen LogP contribution in [0.2, 0.25) is 0 Å². The molecule has 0 amide bonds. The molecule has 2 heterocycles. The number of aryl methyl sites for hydroxylation is 1. The van der Waals surface area contributed by atoms with E-state index in [0.29, 0.717) is 18.7 Å². The van der Waals surface area contributed by atoms with E-state index in [-0.39, 0.29) is 5.97 Å². The average Bonchev–Trinajstić information content (AvgIpc) is 2.89. The maximum Gasteiger partial charge on any atom is 0.341 e. The van der Waals surface area contributed by atoms with Crippen molar-refractivity contribution in [2.45, 2.75) is 13.5 Å². The van der Waals surface area contributed by atoms with Gasteiger partial charge in [-0.2, -0.15) is 10.2 Å². The summed E-state index contributed by atoms with van der Waals surface area (Å²) in [5, 5.41) is 8.33. The third kappa shape index (κ3) is 2.72.